The van der Waals surface area contributed by atoms with E-state index in [0.29, 0.717) is 24.2 Å². The molecule has 0 radical (unpaired) electrons. The van der Waals surface area contributed by atoms with E-state index in [1.807, 2.05) is 0 Å². The Morgan fingerprint density at radius 2 is 1.81 bits per heavy atom. The third-order valence-corrected chi connectivity index (χ3v) is 5.25. The summed E-state index contributed by atoms with van der Waals surface area (Å²) >= 11 is 0. The van der Waals surface area contributed by atoms with Gasteiger partial charge in [-0.2, -0.15) is 0 Å². The molecule has 92 valence electrons. The van der Waals surface area contributed by atoms with Gasteiger partial charge in [-0.1, -0.05) is 19.8 Å². The Bertz CT molecular complexity index is 247. The minimum atomic E-state index is 0.419. The van der Waals surface area contributed by atoms with Crippen LogP contribution in [0.4, 0.5) is 0 Å². The first-order valence-electron chi connectivity index (χ1n) is 7.15. The Labute approximate surface area is 98.9 Å². The topological polar surface area (TPSA) is 35.2 Å². The van der Waals surface area contributed by atoms with Crippen molar-refractivity contribution in [3.8, 4) is 0 Å². The number of hydrogen-bond donors (Lipinski definition) is 1. The molecule has 2 saturated heterocycles. The molecule has 1 aliphatic carbocycles. The van der Waals surface area contributed by atoms with Crippen molar-refractivity contribution < 1.29 is 4.74 Å². The van der Waals surface area contributed by atoms with Crippen LogP contribution in [0.5, 0.6) is 0 Å². The molecule has 0 aromatic carbocycles. The summed E-state index contributed by atoms with van der Waals surface area (Å²) in [7, 11) is 0. The van der Waals surface area contributed by atoms with E-state index in [9.17, 15) is 0 Å². The van der Waals surface area contributed by atoms with Crippen molar-refractivity contribution in [1.29, 1.82) is 0 Å². The normalized spacial score (nSPS) is 49.5. The minimum Gasteiger partial charge on any atom is -0.375 e. The molecule has 0 aromatic rings. The summed E-state index contributed by atoms with van der Waals surface area (Å²) in [4.78, 5) is 0. The van der Waals surface area contributed by atoms with Gasteiger partial charge in [0.15, 0.2) is 0 Å². The first-order valence-corrected chi connectivity index (χ1v) is 7.15. The van der Waals surface area contributed by atoms with Crippen LogP contribution in [-0.2, 0) is 4.74 Å². The first-order chi connectivity index (χ1) is 7.74. The fourth-order valence-electron chi connectivity index (χ4n) is 4.10. The molecule has 4 atom stereocenters. The molecule has 0 amide bonds. The van der Waals surface area contributed by atoms with Crippen LogP contribution in [0.1, 0.15) is 51.9 Å². The molecule has 4 unspecified atom stereocenters. The van der Waals surface area contributed by atoms with Crippen LogP contribution < -0.4 is 5.73 Å². The smallest absolute Gasteiger partial charge is 0.0623 e. The summed E-state index contributed by atoms with van der Waals surface area (Å²) in [5.41, 5.74) is 6.51. The van der Waals surface area contributed by atoms with Gasteiger partial charge in [0, 0.05) is 12.0 Å². The zero-order valence-electron chi connectivity index (χ0n) is 10.4. The highest BCUT2D eigenvalue weighted by molar-refractivity contribution is 4.96. The maximum Gasteiger partial charge on any atom is 0.0623 e. The molecule has 0 spiro atoms. The van der Waals surface area contributed by atoms with Crippen LogP contribution >= 0.6 is 0 Å². The predicted molar refractivity (Wildman–Crippen MR) is 65.1 cm³/mol. The van der Waals surface area contributed by atoms with E-state index in [4.69, 9.17) is 10.5 Å². The van der Waals surface area contributed by atoms with Crippen molar-refractivity contribution in [2.75, 3.05) is 0 Å². The van der Waals surface area contributed by atoms with Gasteiger partial charge in [0.1, 0.15) is 0 Å². The maximum absolute atomic E-state index is 6.51. The van der Waals surface area contributed by atoms with E-state index >= 15 is 0 Å². The van der Waals surface area contributed by atoms with Crippen molar-refractivity contribution >= 4 is 0 Å². The zero-order chi connectivity index (χ0) is 11.1. The van der Waals surface area contributed by atoms with Crippen molar-refractivity contribution in [2.45, 2.75) is 70.1 Å². The number of ether oxygens (including phenoxy) is 1. The van der Waals surface area contributed by atoms with Gasteiger partial charge in [0.25, 0.3) is 0 Å². The van der Waals surface area contributed by atoms with E-state index in [1.54, 1.807) is 0 Å². The quantitative estimate of drug-likeness (QED) is 0.781. The van der Waals surface area contributed by atoms with Gasteiger partial charge in [-0.15, -0.1) is 0 Å². The maximum atomic E-state index is 6.51. The van der Waals surface area contributed by atoms with Crippen molar-refractivity contribution in [2.24, 2.45) is 23.5 Å². The second-order valence-electron chi connectivity index (χ2n) is 6.37. The highest BCUT2D eigenvalue weighted by Gasteiger charge is 2.45. The molecule has 3 aliphatic rings. The lowest BCUT2D eigenvalue weighted by atomic mass is 9.72. The molecular weight excluding hydrogens is 198 g/mol. The van der Waals surface area contributed by atoms with Gasteiger partial charge in [0.05, 0.1) is 12.2 Å². The Kier molecular flexibility index (Phi) is 2.97. The average molecular weight is 223 g/mol. The van der Waals surface area contributed by atoms with Crippen LogP contribution in [-0.4, -0.2) is 18.2 Å². The summed E-state index contributed by atoms with van der Waals surface area (Å²) in [6.07, 6.45) is 10.4. The molecule has 2 N–H and O–H groups in total. The average Bonchev–Trinajstić information content (AvgIpc) is 2.91. The van der Waals surface area contributed by atoms with Crippen molar-refractivity contribution in [1.82, 2.24) is 0 Å². The molecule has 2 aliphatic heterocycles. The lowest BCUT2D eigenvalue weighted by Crippen LogP contribution is -2.43. The zero-order valence-corrected chi connectivity index (χ0v) is 10.4. The summed E-state index contributed by atoms with van der Waals surface area (Å²) in [5, 5.41) is 0. The van der Waals surface area contributed by atoms with E-state index in [-0.39, 0.29) is 0 Å². The van der Waals surface area contributed by atoms with Crippen molar-refractivity contribution in [3.63, 3.8) is 0 Å². The summed E-state index contributed by atoms with van der Waals surface area (Å²) in [6.45, 7) is 2.38. The Hall–Kier alpha value is -0.0800. The van der Waals surface area contributed by atoms with Gasteiger partial charge >= 0.3 is 0 Å². The molecule has 2 heterocycles. The van der Waals surface area contributed by atoms with Crippen LogP contribution in [0.3, 0.4) is 0 Å². The van der Waals surface area contributed by atoms with Crippen LogP contribution in [0.2, 0.25) is 0 Å². The van der Waals surface area contributed by atoms with Gasteiger partial charge in [-0.3, -0.25) is 0 Å². The van der Waals surface area contributed by atoms with Crippen LogP contribution in [0.15, 0.2) is 0 Å². The van der Waals surface area contributed by atoms with Crippen LogP contribution in [0, 0.1) is 17.8 Å². The van der Waals surface area contributed by atoms with Gasteiger partial charge < -0.3 is 10.5 Å². The van der Waals surface area contributed by atoms with Crippen molar-refractivity contribution in [3.05, 3.63) is 0 Å². The molecular formula is C14H25NO. The van der Waals surface area contributed by atoms with E-state index in [0.717, 1.165) is 11.8 Å². The highest BCUT2D eigenvalue weighted by Crippen LogP contribution is 2.43. The van der Waals surface area contributed by atoms with Gasteiger partial charge in [-0.05, 0) is 43.9 Å². The third kappa shape index (κ3) is 1.91. The molecule has 3 fully saturated rings. The Morgan fingerprint density at radius 1 is 1.06 bits per heavy atom. The molecule has 16 heavy (non-hydrogen) atoms. The molecule has 2 nitrogen and oxygen atoms in total. The monoisotopic (exact) mass is 223 g/mol. The van der Waals surface area contributed by atoms with Crippen LogP contribution in [0.25, 0.3) is 0 Å². The van der Waals surface area contributed by atoms with Gasteiger partial charge in [0.2, 0.25) is 0 Å². The molecule has 2 heteroatoms. The summed E-state index contributed by atoms with van der Waals surface area (Å²) < 4.78 is 5.94. The van der Waals surface area contributed by atoms with E-state index < -0.39 is 0 Å². The molecule has 3 rings (SSSR count). The Morgan fingerprint density at radius 3 is 2.38 bits per heavy atom. The fourth-order valence-corrected chi connectivity index (χ4v) is 4.10. The summed E-state index contributed by atoms with van der Waals surface area (Å²) in [6, 6.07) is 0.419. The number of rotatable bonds is 2. The number of fused-ring (bicyclic) bond motifs is 2. The molecule has 1 saturated carbocycles. The lowest BCUT2D eigenvalue weighted by molar-refractivity contribution is 0.0800. The highest BCUT2D eigenvalue weighted by atomic mass is 16.5. The van der Waals surface area contributed by atoms with Gasteiger partial charge in [-0.25, -0.2) is 0 Å². The fraction of sp³-hybridized carbons (Fsp3) is 1.00. The second kappa shape index (κ2) is 4.30. The lowest BCUT2D eigenvalue weighted by Gasteiger charge is -2.35. The second-order valence-corrected chi connectivity index (χ2v) is 6.37. The summed E-state index contributed by atoms with van der Waals surface area (Å²) in [5.74, 6) is 2.39. The molecule has 0 aromatic heterocycles. The molecule has 2 bridgehead atoms. The number of hydrogen-bond acceptors (Lipinski definition) is 2. The minimum absolute atomic E-state index is 0.419. The van der Waals surface area contributed by atoms with E-state index in [1.165, 1.54) is 44.9 Å². The predicted octanol–water partition coefficient (Wildman–Crippen LogP) is 2.71. The largest absolute Gasteiger partial charge is 0.375 e. The third-order valence-electron chi connectivity index (χ3n) is 5.25. The SMILES string of the molecule is CC1CCC(C(N)C2CC3CCC2O3)CC1. The van der Waals surface area contributed by atoms with E-state index in [2.05, 4.69) is 6.92 Å². The number of nitrogens with two attached hydrogens (primary N) is 1. The Balaban J connectivity index is 1.58. The standard InChI is InChI=1S/C14H25NO/c1-9-2-4-10(5-3-9)14(15)12-8-11-6-7-13(12)16-11/h9-14H,2-8,15H2,1H3. The first kappa shape index (κ1) is 11.0.